The molecule has 2 heteroatoms. The Kier molecular flexibility index (Phi) is 3.32. The minimum atomic E-state index is 0.155. The second-order valence-corrected chi connectivity index (χ2v) is 8.53. The highest BCUT2D eigenvalue weighted by molar-refractivity contribution is 5.58. The Labute approximate surface area is 160 Å². The van der Waals surface area contributed by atoms with Gasteiger partial charge in [0, 0.05) is 24.7 Å². The number of piperidine rings is 1. The van der Waals surface area contributed by atoms with Crippen LogP contribution >= 0.6 is 0 Å². The fourth-order valence-corrected chi connectivity index (χ4v) is 5.94. The summed E-state index contributed by atoms with van der Waals surface area (Å²) < 4.78 is 6.36. The van der Waals surface area contributed by atoms with Crippen molar-refractivity contribution in [2.75, 3.05) is 18.0 Å². The molecule has 3 aliphatic rings. The Morgan fingerprint density at radius 2 is 1.63 bits per heavy atom. The van der Waals surface area contributed by atoms with Gasteiger partial charge < -0.3 is 9.32 Å². The number of para-hydroxylation sites is 1. The van der Waals surface area contributed by atoms with Gasteiger partial charge in [0.15, 0.2) is 0 Å². The molecule has 3 atom stereocenters. The molecule has 2 aliphatic carbocycles. The molecule has 0 amide bonds. The minimum Gasteiger partial charge on any atom is -0.468 e. The Balaban J connectivity index is 1.43. The molecule has 2 fully saturated rings. The van der Waals surface area contributed by atoms with E-state index in [9.17, 15) is 0 Å². The molecule has 1 saturated heterocycles. The van der Waals surface area contributed by atoms with Gasteiger partial charge in [0.2, 0.25) is 0 Å². The number of aryl methyl sites for hydroxylation is 1. The maximum absolute atomic E-state index is 6.36. The lowest BCUT2D eigenvalue weighted by Gasteiger charge is -2.26. The first kappa shape index (κ1) is 15.6. The summed E-state index contributed by atoms with van der Waals surface area (Å²) in [5.74, 6) is 2.56. The van der Waals surface area contributed by atoms with Gasteiger partial charge in [-0.25, -0.2) is 0 Å². The maximum Gasteiger partial charge on any atom is 0.116 e. The van der Waals surface area contributed by atoms with Gasteiger partial charge in [0.05, 0.1) is 11.7 Å². The topological polar surface area (TPSA) is 16.4 Å². The van der Waals surface area contributed by atoms with Crippen molar-refractivity contribution in [3.05, 3.63) is 89.4 Å². The van der Waals surface area contributed by atoms with Crippen LogP contribution in [0.3, 0.4) is 0 Å². The Hall–Kier alpha value is -2.48. The zero-order valence-corrected chi connectivity index (χ0v) is 15.6. The molecule has 3 unspecified atom stereocenters. The zero-order valence-electron chi connectivity index (χ0n) is 15.6. The largest absolute Gasteiger partial charge is 0.468 e. The van der Waals surface area contributed by atoms with Gasteiger partial charge in [-0.2, -0.15) is 0 Å². The first-order chi connectivity index (χ1) is 13.4. The number of nitrogens with zero attached hydrogens (tertiary/aromatic N) is 1. The lowest BCUT2D eigenvalue weighted by atomic mass is 9.86. The van der Waals surface area contributed by atoms with E-state index in [2.05, 4.69) is 71.8 Å². The van der Waals surface area contributed by atoms with Crippen LogP contribution in [0.4, 0.5) is 5.69 Å². The third-order valence-corrected chi connectivity index (χ3v) is 7.19. The second kappa shape index (κ2) is 5.76. The standard InChI is InChI=1S/C25H25NO/c1-3-9-18(10-4-1)23-22-15-26(20-12-5-2-6-13-20)17-25(22,23)24-21-14-8-7-11-19(21)16-27-24/h1-6,9-10,12-13,16,22-23H,7-8,11,14-15,17H2. The van der Waals surface area contributed by atoms with Gasteiger partial charge in [-0.3, -0.25) is 0 Å². The monoisotopic (exact) mass is 355 g/mol. The third kappa shape index (κ3) is 2.19. The fraction of sp³-hybridized carbons (Fsp3) is 0.360. The lowest BCUT2D eigenvalue weighted by Crippen LogP contribution is -2.29. The van der Waals surface area contributed by atoms with E-state index >= 15 is 0 Å². The van der Waals surface area contributed by atoms with Crippen molar-refractivity contribution in [3.63, 3.8) is 0 Å². The van der Waals surface area contributed by atoms with Crippen molar-refractivity contribution in [3.8, 4) is 0 Å². The zero-order chi connectivity index (χ0) is 17.8. The molecule has 0 N–H and O–H groups in total. The van der Waals surface area contributed by atoms with Crippen molar-refractivity contribution < 1.29 is 4.42 Å². The molecule has 3 aromatic rings. The van der Waals surface area contributed by atoms with Gasteiger partial charge in [-0.05, 0) is 60.4 Å². The molecule has 2 nitrogen and oxygen atoms in total. The normalized spacial score (nSPS) is 28.7. The molecule has 2 heterocycles. The smallest absolute Gasteiger partial charge is 0.116 e. The van der Waals surface area contributed by atoms with Crippen LogP contribution in [0.25, 0.3) is 0 Å². The maximum atomic E-state index is 6.36. The second-order valence-electron chi connectivity index (χ2n) is 8.53. The summed E-state index contributed by atoms with van der Waals surface area (Å²) in [6, 6.07) is 22.0. The number of hydrogen-bond acceptors (Lipinski definition) is 2. The first-order valence-corrected chi connectivity index (χ1v) is 10.3. The van der Waals surface area contributed by atoms with Crippen molar-refractivity contribution in [1.82, 2.24) is 0 Å². The molecular formula is C25H25NO. The Bertz CT molecular complexity index is 961. The predicted molar refractivity (Wildman–Crippen MR) is 108 cm³/mol. The lowest BCUT2D eigenvalue weighted by molar-refractivity contribution is 0.444. The summed E-state index contributed by atoms with van der Waals surface area (Å²) in [4.78, 5) is 2.57. The predicted octanol–water partition coefficient (Wildman–Crippen LogP) is 5.33. The van der Waals surface area contributed by atoms with Crippen LogP contribution in [-0.4, -0.2) is 13.1 Å². The number of rotatable bonds is 3. The van der Waals surface area contributed by atoms with Crippen molar-refractivity contribution >= 4 is 5.69 Å². The molecule has 1 aliphatic heterocycles. The number of furan rings is 1. The first-order valence-electron chi connectivity index (χ1n) is 10.3. The van der Waals surface area contributed by atoms with E-state index < -0.39 is 0 Å². The summed E-state index contributed by atoms with van der Waals surface area (Å²) in [6.07, 6.45) is 7.07. The molecule has 2 aromatic carbocycles. The molecule has 1 saturated carbocycles. The van der Waals surface area contributed by atoms with Crippen molar-refractivity contribution in [2.45, 2.75) is 37.0 Å². The summed E-state index contributed by atoms with van der Waals surface area (Å²) in [5, 5.41) is 0. The van der Waals surface area contributed by atoms with Crippen LogP contribution in [0, 0.1) is 5.92 Å². The molecule has 1 aromatic heterocycles. The van der Waals surface area contributed by atoms with Crippen molar-refractivity contribution in [1.29, 1.82) is 0 Å². The highest BCUT2D eigenvalue weighted by Crippen LogP contribution is 2.70. The molecule has 0 bridgehead atoms. The van der Waals surface area contributed by atoms with Gasteiger partial charge >= 0.3 is 0 Å². The van der Waals surface area contributed by atoms with Crippen LogP contribution in [0.2, 0.25) is 0 Å². The van der Waals surface area contributed by atoms with Crippen LogP contribution in [0.5, 0.6) is 0 Å². The molecule has 6 rings (SSSR count). The Morgan fingerprint density at radius 1 is 0.889 bits per heavy atom. The van der Waals surface area contributed by atoms with Crippen LogP contribution < -0.4 is 4.90 Å². The number of benzene rings is 2. The fourth-order valence-electron chi connectivity index (χ4n) is 5.94. The van der Waals surface area contributed by atoms with E-state index in [1.807, 2.05) is 0 Å². The quantitative estimate of drug-likeness (QED) is 0.631. The van der Waals surface area contributed by atoms with E-state index in [0.717, 1.165) is 13.1 Å². The van der Waals surface area contributed by atoms with Gasteiger partial charge in [-0.15, -0.1) is 0 Å². The summed E-state index contributed by atoms with van der Waals surface area (Å²) in [6.45, 7) is 2.19. The van der Waals surface area contributed by atoms with Gasteiger partial charge in [0.1, 0.15) is 5.76 Å². The third-order valence-electron chi connectivity index (χ3n) is 7.19. The molecule has 0 spiro atoms. The molecule has 27 heavy (non-hydrogen) atoms. The number of fused-ring (bicyclic) bond motifs is 2. The van der Waals surface area contributed by atoms with Crippen LogP contribution in [0.1, 0.15) is 41.2 Å². The average Bonchev–Trinajstić information content (AvgIpc) is 3.05. The van der Waals surface area contributed by atoms with E-state index in [4.69, 9.17) is 4.42 Å². The van der Waals surface area contributed by atoms with Crippen LogP contribution in [0.15, 0.2) is 71.3 Å². The van der Waals surface area contributed by atoms with E-state index in [-0.39, 0.29) is 5.41 Å². The molecule has 0 radical (unpaired) electrons. The SMILES string of the molecule is c1ccc(C2C3CN(c4ccccc4)CC32c2occ3c2CCCC3)cc1. The van der Waals surface area contributed by atoms with E-state index in [0.29, 0.717) is 11.8 Å². The summed E-state index contributed by atoms with van der Waals surface area (Å²) in [7, 11) is 0. The highest BCUT2D eigenvalue weighted by Gasteiger charge is 2.72. The molecule has 136 valence electrons. The van der Waals surface area contributed by atoms with Crippen LogP contribution in [-0.2, 0) is 18.3 Å². The van der Waals surface area contributed by atoms with E-state index in [1.54, 1.807) is 5.56 Å². The van der Waals surface area contributed by atoms with Crippen molar-refractivity contribution in [2.24, 2.45) is 5.92 Å². The molecular weight excluding hydrogens is 330 g/mol. The van der Waals surface area contributed by atoms with Gasteiger partial charge in [-0.1, -0.05) is 48.5 Å². The minimum absolute atomic E-state index is 0.155. The number of hydrogen-bond donors (Lipinski definition) is 0. The summed E-state index contributed by atoms with van der Waals surface area (Å²) in [5.41, 5.74) is 6.00. The van der Waals surface area contributed by atoms with E-state index in [1.165, 1.54) is 48.3 Å². The summed E-state index contributed by atoms with van der Waals surface area (Å²) >= 11 is 0. The highest BCUT2D eigenvalue weighted by atomic mass is 16.3. The average molecular weight is 355 g/mol. The Morgan fingerprint density at radius 3 is 2.44 bits per heavy atom. The number of anilines is 1. The van der Waals surface area contributed by atoms with Gasteiger partial charge in [0.25, 0.3) is 0 Å².